The lowest BCUT2D eigenvalue weighted by Gasteiger charge is -2.14. The molecule has 1 atom stereocenters. The third kappa shape index (κ3) is 4.82. The molecule has 0 unspecified atom stereocenters. The first-order valence-corrected chi connectivity index (χ1v) is 8.08. The molecule has 9 heteroatoms. The van der Waals surface area contributed by atoms with E-state index in [1.807, 2.05) is 0 Å². The molecular weight excluding hydrogens is 330 g/mol. The van der Waals surface area contributed by atoms with E-state index in [-0.39, 0.29) is 31.5 Å². The summed E-state index contributed by atoms with van der Waals surface area (Å²) in [5.41, 5.74) is 0. The van der Waals surface area contributed by atoms with Crippen LogP contribution in [0.2, 0.25) is 0 Å². The second-order valence-electron chi connectivity index (χ2n) is 6.16. The quantitative estimate of drug-likeness (QED) is 0.706. The van der Waals surface area contributed by atoms with E-state index in [0.29, 0.717) is 5.76 Å². The molecule has 2 N–H and O–H groups in total. The Labute approximate surface area is 143 Å². The van der Waals surface area contributed by atoms with Gasteiger partial charge in [0.05, 0.1) is 18.7 Å². The van der Waals surface area contributed by atoms with Gasteiger partial charge in [-0.05, 0) is 25.0 Å². The Morgan fingerprint density at radius 2 is 2.12 bits per heavy atom. The van der Waals surface area contributed by atoms with Crippen LogP contribution in [0.3, 0.4) is 0 Å². The fraction of sp³-hybridized carbons (Fsp3) is 0.500. The molecule has 2 fully saturated rings. The highest BCUT2D eigenvalue weighted by Gasteiger charge is 2.36. The summed E-state index contributed by atoms with van der Waals surface area (Å²) in [7, 11) is 0. The van der Waals surface area contributed by atoms with Gasteiger partial charge in [-0.1, -0.05) is 0 Å². The maximum absolute atomic E-state index is 12.0. The first-order valence-electron chi connectivity index (χ1n) is 8.08. The molecule has 0 aromatic carbocycles. The monoisotopic (exact) mass is 349 g/mol. The summed E-state index contributed by atoms with van der Waals surface area (Å²) in [5.74, 6) is -1.51. The molecule has 9 nitrogen and oxygen atoms in total. The number of likely N-dealkylation sites (tertiary alicyclic amines) is 1. The topological polar surface area (TPSA) is 118 Å². The van der Waals surface area contributed by atoms with Crippen molar-refractivity contribution in [2.45, 2.75) is 31.8 Å². The summed E-state index contributed by atoms with van der Waals surface area (Å²) < 4.78 is 10.1. The van der Waals surface area contributed by atoms with Gasteiger partial charge in [0.1, 0.15) is 5.76 Å². The molecule has 1 aromatic heterocycles. The van der Waals surface area contributed by atoms with Gasteiger partial charge < -0.3 is 19.4 Å². The highest BCUT2D eigenvalue weighted by Crippen LogP contribution is 2.21. The van der Waals surface area contributed by atoms with Crippen LogP contribution in [0.1, 0.15) is 25.0 Å². The zero-order chi connectivity index (χ0) is 17.8. The van der Waals surface area contributed by atoms with Gasteiger partial charge in [-0.15, -0.1) is 0 Å². The van der Waals surface area contributed by atoms with Crippen LogP contribution in [0.5, 0.6) is 0 Å². The number of carbonyl (C=O) groups excluding carboxylic acids is 4. The summed E-state index contributed by atoms with van der Waals surface area (Å²) in [6.07, 6.45) is 3.35. The minimum atomic E-state index is -0.705. The van der Waals surface area contributed by atoms with Crippen LogP contribution in [0.15, 0.2) is 22.8 Å². The Morgan fingerprint density at radius 1 is 1.32 bits per heavy atom. The standard InChI is InChI=1S/C16H19N3O6/c20-13(18-16(23)17-11-3-4-11)9-25-15(22)10-6-14(21)19(7-10)8-12-2-1-5-24-12/h1-2,5,10-11H,3-4,6-9H2,(H2,17,18,20,23)/t10-/m0/s1. The van der Waals surface area contributed by atoms with Gasteiger partial charge in [0.15, 0.2) is 6.61 Å². The van der Waals surface area contributed by atoms with Crippen LogP contribution in [0.25, 0.3) is 0 Å². The second kappa shape index (κ2) is 7.37. The van der Waals surface area contributed by atoms with Crippen LogP contribution in [0, 0.1) is 5.92 Å². The van der Waals surface area contributed by atoms with E-state index in [1.54, 1.807) is 12.1 Å². The van der Waals surface area contributed by atoms with Gasteiger partial charge in [0.25, 0.3) is 5.91 Å². The number of esters is 1. The normalized spacial score (nSPS) is 19.6. The lowest BCUT2D eigenvalue weighted by molar-refractivity contribution is -0.152. The molecular formula is C16H19N3O6. The number of hydrogen-bond donors (Lipinski definition) is 2. The third-order valence-corrected chi connectivity index (χ3v) is 3.99. The smallest absolute Gasteiger partial charge is 0.321 e. The van der Waals surface area contributed by atoms with E-state index in [4.69, 9.17) is 9.15 Å². The number of ether oxygens (including phenoxy) is 1. The van der Waals surface area contributed by atoms with Crippen LogP contribution in [0.4, 0.5) is 4.79 Å². The maximum Gasteiger partial charge on any atom is 0.321 e. The van der Waals surface area contributed by atoms with E-state index in [1.165, 1.54) is 11.2 Å². The van der Waals surface area contributed by atoms with Crippen molar-refractivity contribution in [3.05, 3.63) is 24.2 Å². The molecule has 0 spiro atoms. The molecule has 1 aliphatic heterocycles. The van der Waals surface area contributed by atoms with Crippen molar-refractivity contribution in [1.82, 2.24) is 15.5 Å². The number of imide groups is 1. The molecule has 134 valence electrons. The van der Waals surface area contributed by atoms with E-state index < -0.39 is 30.4 Å². The number of hydrogen-bond acceptors (Lipinski definition) is 6. The van der Waals surface area contributed by atoms with Crippen molar-refractivity contribution in [2.24, 2.45) is 5.92 Å². The van der Waals surface area contributed by atoms with Gasteiger partial charge in [0.2, 0.25) is 5.91 Å². The molecule has 1 saturated carbocycles. The van der Waals surface area contributed by atoms with Crippen molar-refractivity contribution in [1.29, 1.82) is 0 Å². The van der Waals surface area contributed by atoms with E-state index in [0.717, 1.165) is 12.8 Å². The summed E-state index contributed by atoms with van der Waals surface area (Å²) in [6, 6.07) is 3.00. The number of amides is 4. The van der Waals surface area contributed by atoms with Crippen LogP contribution in [-0.2, 0) is 25.7 Å². The zero-order valence-electron chi connectivity index (χ0n) is 13.5. The summed E-state index contributed by atoms with van der Waals surface area (Å²) >= 11 is 0. The Hall–Kier alpha value is -2.84. The van der Waals surface area contributed by atoms with Crippen LogP contribution in [-0.4, -0.2) is 47.9 Å². The van der Waals surface area contributed by atoms with Crippen molar-refractivity contribution >= 4 is 23.8 Å². The van der Waals surface area contributed by atoms with Crippen LogP contribution >= 0.6 is 0 Å². The minimum Gasteiger partial charge on any atom is -0.467 e. The van der Waals surface area contributed by atoms with Crippen molar-refractivity contribution in [2.75, 3.05) is 13.2 Å². The molecule has 25 heavy (non-hydrogen) atoms. The van der Waals surface area contributed by atoms with E-state index >= 15 is 0 Å². The Morgan fingerprint density at radius 3 is 2.80 bits per heavy atom. The molecule has 1 aliphatic carbocycles. The molecule has 2 heterocycles. The summed E-state index contributed by atoms with van der Waals surface area (Å²) in [5, 5.41) is 4.68. The third-order valence-electron chi connectivity index (χ3n) is 3.99. The second-order valence-corrected chi connectivity index (χ2v) is 6.16. The van der Waals surface area contributed by atoms with Crippen molar-refractivity contribution < 1.29 is 28.3 Å². The Balaban J connectivity index is 1.39. The molecule has 0 bridgehead atoms. The highest BCUT2D eigenvalue weighted by molar-refractivity contribution is 5.96. The minimum absolute atomic E-state index is 0.0311. The number of nitrogens with zero attached hydrogens (tertiary/aromatic N) is 1. The summed E-state index contributed by atoms with van der Waals surface area (Å²) in [4.78, 5) is 48.4. The fourth-order valence-corrected chi connectivity index (χ4v) is 2.54. The van der Waals surface area contributed by atoms with E-state index in [2.05, 4.69) is 10.6 Å². The molecule has 1 aromatic rings. The van der Waals surface area contributed by atoms with Crippen LogP contribution < -0.4 is 10.6 Å². The number of carbonyl (C=O) groups is 4. The predicted octanol–water partition coefficient (Wildman–Crippen LogP) is 0.159. The first-order chi connectivity index (χ1) is 12.0. The Kier molecular flexibility index (Phi) is 5.01. The molecule has 1 saturated heterocycles. The summed E-state index contributed by atoms with van der Waals surface area (Å²) in [6.45, 7) is -0.0562. The predicted molar refractivity (Wildman–Crippen MR) is 82.9 cm³/mol. The number of urea groups is 1. The van der Waals surface area contributed by atoms with Crippen molar-refractivity contribution in [3.63, 3.8) is 0 Å². The SMILES string of the molecule is O=C(COC(=O)[C@H]1CC(=O)N(Cc2ccco2)C1)NC(=O)NC1CC1. The van der Waals surface area contributed by atoms with Gasteiger partial charge in [-0.2, -0.15) is 0 Å². The largest absolute Gasteiger partial charge is 0.467 e. The number of furan rings is 1. The number of rotatable bonds is 6. The maximum atomic E-state index is 12.0. The van der Waals surface area contributed by atoms with Gasteiger partial charge in [-0.3, -0.25) is 19.7 Å². The first kappa shape index (κ1) is 17.0. The van der Waals surface area contributed by atoms with E-state index in [9.17, 15) is 19.2 Å². The lowest BCUT2D eigenvalue weighted by Crippen LogP contribution is -2.42. The zero-order valence-corrected chi connectivity index (χ0v) is 13.5. The average molecular weight is 349 g/mol. The van der Waals surface area contributed by atoms with Gasteiger partial charge in [-0.25, -0.2) is 4.79 Å². The fourth-order valence-electron chi connectivity index (χ4n) is 2.54. The lowest BCUT2D eigenvalue weighted by atomic mass is 10.1. The van der Waals surface area contributed by atoms with Crippen molar-refractivity contribution in [3.8, 4) is 0 Å². The van der Waals surface area contributed by atoms with Gasteiger partial charge >= 0.3 is 12.0 Å². The average Bonchev–Trinajstić information content (AvgIpc) is 3.07. The Bertz CT molecular complexity index is 667. The molecule has 3 rings (SSSR count). The molecule has 4 amide bonds. The highest BCUT2D eigenvalue weighted by atomic mass is 16.5. The molecule has 0 radical (unpaired) electrons. The molecule has 2 aliphatic rings. The van der Waals surface area contributed by atoms with Gasteiger partial charge in [0, 0.05) is 19.0 Å². The number of nitrogens with one attached hydrogen (secondary N) is 2.